The Balaban J connectivity index is 1.94. The lowest BCUT2D eigenvalue weighted by molar-refractivity contribution is 0.391. The second kappa shape index (κ2) is 6.61. The van der Waals surface area contributed by atoms with Crippen molar-refractivity contribution in [2.45, 2.75) is 39.7 Å². The predicted octanol–water partition coefficient (Wildman–Crippen LogP) is 6.88. The second-order valence-corrected chi connectivity index (χ2v) is 7.92. The van der Waals surface area contributed by atoms with Crippen LogP contribution < -0.4 is 0 Å². The van der Waals surface area contributed by atoms with Crippen LogP contribution in [0.15, 0.2) is 66.9 Å². The first-order chi connectivity index (χ1) is 13.0. The van der Waals surface area contributed by atoms with Gasteiger partial charge in [-0.15, -0.1) is 0 Å². The average Bonchev–Trinajstić information content (AvgIpc) is 3.25. The van der Waals surface area contributed by atoms with Crippen molar-refractivity contribution in [2.24, 2.45) is 0 Å². The van der Waals surface area contributed by atoms with E-state index >= 15 is 0 Å². The molecule has 2 aromatic heterocycles. The lowest BCUT2D eigenvalue weighted by Crippen LogP contribution is -2.30. The molecule has 0 spiro atoms. The van der Waals surface area contributed by atoms with Crippen LogP contribution in [0.3, 0.4) is 0 Å². The molecule has 138 valence electrons. The van der Waals surface area contributed by atoms with E-state index in [-0.39, 0.29) is 5.54 Å². The quantitative estimate of drug-likeness (QED) is 0.367. The summed E-state index contributed by atoms with van der Waals surface area (Å²) in [5.74, 6) is 0. The first kappa shape index (κ1) is 17.9. The molecule has 1 atom stereocenters. The highest BCUT2D eigenvalue weighted by Gasteiger charge is 2.28. The molecule has 0 fully saturated rings. The monoisotopic (exact) mass is 376 g/mol. The van der Waals surface area contributed by atoms with Gasteiger partial charge in [-0.05, 0) is 75.2 Å². The number of halogens is 1. The minimum absolute atomic E-state index is 0.133. The molecule has 2 aromatic carbocycles. The maximum absolute atomic E-state index is 6.12. The molecule has 0 N–H and O–H groups in total. The fourth-order valence-corrected chi connectivity index (χ4v) is 4.27. The van der Waals surface area contributed by atoms with Crippen molar-refractivity contribution in [3.8, 4) is 5.69 Å². The molecule has 2 nitrogen and oxygen atoms in total. The SMILES string of the molecule is CCC(C)(c1ccc(Cl)cc1)n1ccc2c(-n3c(C)ccc3C)cccc21. The van der Waals surface area contributed by atoms with E-state index in [1.165, 1.54) is 33.5 Å². The lowest BCUT2D eigenvalue weighted by atomic mass is 9.89. The maximum atomic E-state index is 6.12. The Hall–Kier alpha value is -2.45. The van der Waals surface area contributed by atoms with E-state index in [2.05, 4.69) is 91.6 Å². The summed E-state index contributed by atoms with van der Waals surface area (Å²) in [6.45, 7) is 8.86. The second-order valence-electron chi connectivity index (χ2n) is 7.48. The Bertz CT molecular complexity index is 1080. The zero-order valence-corrected chi connectivity index (χ0v) is 17.1. The van der Waals surface area contributed by atoms with Crippen LogP contribution in [0, 0.1) is 13.8 Å². The third kappa shape index (κ3) is 2.80. The molecule has 3 heteroatoms. The van der Waals surface area contributed by atoms with Gasteiger partial charge in [0.1, 0.15) is 0 Å². The Labute approximate surface area is 166 Å². The molecule has 2 heterocycles. The highest BCUT2D eigenvalue weighted by Crippen LogP contribution is 2.36. The minimum atomic E-state index is -0.133. The van der Waals surface area contributed by atoms with Gasteiger partial charge in [0.15, 0.2) is 0 Å². The van der Waals surface area contributed by atoms with Crippen LogP contribution in [0.25, 0.3) is 16.6 Å². The Morgan fingerprint density at radius 3 is 2.19 bits per heavy atom. The standard InChI is InChI=1S/C24H25ClN2/c1-5-24(4,19-11-13-20(25)14-12-19)26-16-15-21-22(26)7-6-8-23(21)27-17(2)9-10-18(27)3/h6-16H,5H2,1-4H3. The van der Waals surface area contributed by atoms with E-state index in [1.807, 2.05) is 12.1 Å². The number of aromatic nitrogens is 2. The van der Waals surface area contributed by atoms with Crippen molar-refractivity contribution in [2.75, 3.05) is 0 Å². The van der Waals surface area contributed by atoms with Gasteiger partial charge in [-0.2, -0.15) is 0 Å². The normalized spacial score (nSPS) is 13.8. The van der Waals surface area contributed by atoms with Crippen molar-refractivity contribution in [1.29, 1.82) is 0 Å². The molecule has 0 aliphatic carbocycles. The molecule has 0 amide bonds. The third-order valence-corrected chi connectivity index (χ3v) is 6.16. The summed E-state index contributed by atoms with van der Waals surface area (Å²) in [6.07, 6.45) is 3.21. The largest absolute Gasteiger partial charge is 0.337 e. The first-order valence-corrected chi connectivity index (χ1v) is 9.85. The lowest BCUT2D eigenvalue weighted by Gasteiger charge is -2.32. The molecule has 0 radical (unpaired) electrons. The molecular formula is C24H25ClN2. The highest BCUT2D eigenvalue weighted by molar-refractivity contribution is 6.30. The number of nitrogens with zero attached hydrogens (tertiary/aromatic N) is 2. The van der Waals surface area contributed by atoms with Gasteiger partial charge in [-0.25, -0.2) is 0 Å². The maximum Gasteiger partial charge on any atom is 0.0666 e. The molecule has 0 saturated carbocycles. The molecule has 0 bridgehead atoms. The molecule has 1 unspecified atom stereocenters. The van der Waals surface area contributed by atoms with E-state index in [0.717, 1.165) is 11.4 Å². The van der Waals surface area contributed by atoms with Gasteiger partial charge in [0.05, 0.1) is 16.7 Å². The van der Waals surface area contributed by atoms with Crippen LogP contribution in [-0.2, 0) is 5.54 Å². The van der Waals surface area contributed by atoms with Gasteiger partial charge in [0.25, 0.3) is 0 Å². The molecule has 0 saturated heterocycles. The van der Waals surface area contributed by atoms with E-state index in [1.54, 1.807) is 0 Å². The van der Waals surface area contributed by atoms with Crippen LogP contribution in [-0.4, -0.2) is 9.13 Å². The Kier molecular flexibility index (Phi) is 4.39. The number of rotatable bonds is 4. The van der Waals surface area contributed by atoms with Gasteiger partial charge < -0.3 is 9.13 Å². The van der Waals surface area contributed by atoms with Gasteiger partial charge in [-0.3, -0.25) is 0 Å². The van der Waals surface area contributed by atoms with E-state index in [0.29, 0.717) is 0 Å². The first-order valence-electron chi connectivity index (χ1n) is 9.47. The smallest absolute Gasteiger partial charge is 0.0666 e. The summed E-state index contributed by atoms with van der Waals surface area (Å²) in [6, 6.07) is 21.4. The number of hydrogen-bond acceptors (Lipinski definition) is 0. The van der Waals surface area contributed by atoms with Gasteiger partial charge in [-0.1, -0.05) is 36.7 Å². The topological polar surface area (TPSA) is 9.86 Å². The molecular weight excluding hydrogens is 352 g/mol. The molecule has 0 aliphatic rings. The minimum Gasteiger partial charge on any atom is -0.337 e. The molecule has 4 rings (SSSR count). The summed E-state index contributed by atoms with van der Waals surface area (Å²) in [5, 5.41) is 2.05. The zero-order chi connectivity index (χ0) is 19.2. The molecule has 27 heavy (non-hydrogen) atoms. The Morgan fingerprint density at radius 2 is 1.56 bits per heavy atom. The molecule has 0 aliphatic heterocycles. The Morgan fingerprint density at radius 1 is 0.889 bits per heavy atom. The van der Waals surface area contributed by atoms with Crippen LogP contribution in [0.4, 0.5) is 0 Å². The summed E-state index contributed by atoms with van der Waals surface area (Å²) in [7, 11) is 0. The average molecular weight is 377 g/mol. The van der Waals surface area contributed by atoms with Crippen LogP contribution >= 0.6 is 11.6 Å². The number of hydrogen-bond donors (Lipinski definition) is 0. The number of fused-ring (bicyclic) bond motifs is 1. The van der Waals surface area contributed by atoms with Crippen molar-refractivity contribution < 1.29 is 0 Å². The van der Waals surface area contributed by atoms with Crippen LogP contribution in [0.5, 0.6) is 0 Å². The summed E-state index contributed by atoms with van der Waals surface area (Å²) < 4.78 is 4.74. The van der Waals surface area contributed by atoms with Crippen LogP contribution in [0.1, 0.15) is 37.2 Å². The van der Waals surface area contributed by atoms with E-state index < -0.39 is 0 Å². The number of benzene rings is 2. The van der Waals surface area contributed by atoms with Crippen molar-refractivity contribution >= 4 is 22.5 Å². The fraction of sp³-hybridized carbons (Fsp3) is 0.250. The number of aryl methyl sites for hydroxylation is 2. The van der Waals surface area contributed by atoms with Gasteiger partial charge in [0, 0.05) is 28.0 Å². The van der Waals surface area contributed by atoms with Gasteiger partial charge in [0.2, 0.25) is 0 Å². The van der Waals surface area contributed by atoms with E-state index in [4.69, 9.17) is 11.6 Å². The fourth-order valence-electron chi connectivity index (χ4n) is 4.15. The van der Waals surface area contributed by atoms with Crippen molar-refractivity contribution in [3.63, 3.8) is 0 Å². The van der Waals surface area contributed by atoms with Crippen molar-refractivity contribution in [3.05, 3.63) is 88.8 Å². The highest BCUT2D eigenvalue weighted by atomic mass is 35.5. The van der Waals surface area contributed by atoms with E-state index in [9.17, 15) is 0 Å². The molecule has 4 aromatic rings. The summed E-state index contributed by atoms with van der Waals surface area (Å²) in [5.41, 5.74) is 6.13. The van der Waals surface area contributed by atoms with Crippen molar-refractivity contribution in [1.82, 2.24) is 9.13 Å². The zero-order valence-electron chi connectivity index (χ0n) is 16.3. The summed E-state index contributed by atoms with van der Waals surface area (Å²) >= 11 is 6.12. The predicted molar refractivity (Wildman–Crippen MR) is 115 cm³/mol. The van der Waals surface area contributed by atoms with Crippen LogP contribution in [0.2, 0.25) is 5.02 Å². The summed E-state index contributed by atoms with van der Waals surface area (Å²) in [4.78, 5) is 0. The third-order valence-electron chi connectivity index (χ3n) is 5.91. The van der Waals surface area contributed by atoms with Gasteiger partial charge >= 0.3 is 0 Å².